The molecule has 0 N–H and O–H groups in total. The molecule has 0 radical (unpaired) electrons. The summed E-state index contributed by atoms with van der Waals surface area (Å²) >= 11 is 0. The Morgan fingerprint density at radius 1 is 1.22 bits per heavy atom. The van der Waals surface area contributed by atoms with Crippen LogP contribution in [0.4, 0.5) is 0 Å². The van der Waals surface area contributed by atoms with E-state index < -0.39 is 0 Å². The molecule has 0 saturated carbocycles. The molecule has 0 aromatic heterocycles. The van der Waals surface area contributed by atoms with Gasteiger partial charge in [-0.1, -0.05) is 13.8 Å². The van der Waals surface area contributed by atoms with Gasteiger partial charge in [0.05, 0.1) is 0 Å². The maximum Gasteiger partial charge on any atom is 0.135 e. The molecule has 0 atom stereocenters. The van der Waals surface area contributed by atoms with Crippen LogP contribution in [0.2, 0.25) is 0 Å². The summed E-state index contributed by atoms with van der Waals surface area (Å²) in [5, 5.41) is 0. The van der Waals surface area contributed by atoms with E-state index >= 15 is 0 Å². The minimum atomic E-state index is 0.780. The van der Waals surface area contributed by atoms with Gasteiger partial charge >= 0.3 is 0 Å². The lowest BCUT2D eigenvalue weighted by Gasteiger charge is -2.02. The predicted octanol–water partition coefficient (Wildman–Crippen LogP) is 2.39. The van der Waals surface area contributed by atoms with Crippen molar-refractivity contribution in [2.75, 3.05) is 0 Å². The molecule has 2 heteroatoms. The molecule has 0 aliphatic carbocycles. The summed E-state index contributed by atoms with van der Waals surface area (Å²) in [6, 6.07) is 0. The van der Waals surface area contributed by atoms with Gasteiger partial charge in [0.2, 0.25) is 0 Å². The highest BCUT2D eigenvalue weighted by atomic mass is 16.5. The Labute approximate surface area is 55.8 Å². The first-order valence-electron chi connectivity index (χ1n) is 3.03. The van der Waals surface area contributed by atoms with Gasteiger partial charge in [0, 0.05) is 0 Å². The zero-order valence-electron chi connectivity index (χ0n) is 6.05. The molecule has 0 unspecified atom stereocenters. The van der Waals surface area contributed by atoms with E-state index in [4.69, 9.17) is 9.47 Å². The summed E-state index contributed by atoms with van der Waals surface area (Å²) in [5.41, 5.74) is 0. The van der Waals surface area contributed by atoms with Gasteiger partial charge in [0.25, 0.3) is 0 Å². The van der Waals surface area contributed by atoms with Crippen LogP contribution in [0, 0.1) is 0 Å². The molecule has 2 nitrogen and oxygen atoms in total. The van der Waals surface area contributed by atoms with Crippen molar-refractivity contribution in [3.05, 3.63) is 24.5 Å². The predicted molar refractivity (Wildman–Crippen MR) is 36.4 cm³/mol. The lowest BCUT2D eigenvalue weighted by atomic mass is 10.6. The van der Waals surface area contributed by atoms with Crippen LogP contribution in [0.5, 0.6) is 0 Å². The first-order chi connectivity index (χ1) is 4.39. The maximum atomic E-state index is 4.83. The fraction of sp³-hybridized carbons (Fsp3) is 0.429. The van der Waals surface area contributed by atoms with Gasteiger partial charge in [0.1, 0.15) is 24.5 Å². The van der Waals surface area contributed by atoms with Gasteiger partial charge in [-0.3, -0.25) is 0 Å². The quantitative estimate of drug-likeness (QED) is 0.498. The average Bonchev–Trinajstić information content (AvgIpc) is 1.94. The van der Waals surface area contributed by atoms with Crippen LogP contribution >= 0.6 is 0 Å². The molecular formula is C7H12O2. The largest absolute Gasteiger partial charge is 0.466 e. The van der Waals surface area contributed by atoms with Crippen molar-refractivity contribution >= 4 is 0 Å². The van der Waals surface area contributed by atoms with Crippen molar-refractivity contribution < 1.29 is 9.47 Å². The molecule has 1 aliphatic rings. The summed E-state index contributed by atoms with van der Waals surface area (Å²) < 4.78 is 9.55. The Morgan fingerprint density at radius 2 is 1.89 bits per heavy atom. The highest BCUT2D eigenvalue weighted by molar-refractivity contribution is 4.89. The van der Waals surface area contributed by atoms with Crippen molar-refractivity contribution in [1.29, 1.82) is 0 Å². The second-order valence-electron chi connectivity index (χ2n) is 1.25. The Bertz CT molecular complexity index is 114. The summed E-state index contributed by atoms with van der Waals surface area (Å²) in [5.74, 6) is 0.780. The molecule has 1 heterocycles. The second-order valence-corrected chi connectivity index (χ2v) is 1.25. The summed E-state index contributed by atoms with van der Waals surface area (Å²) in [6.07, 6.45) is 4.52. The smallest absolute Gasteiger partial charge is 0.135 e. The maximum absolute atomic E-state index is 4.83. The van der Waals surface area contributed by atoms with Crippen molar-refractivity contribution in [2.24, 2.45) is 0 Å². The molecule has 0 spiro atoms. The highest BCUT2D eigenvalue weighted by Crippen LogP contribution is 2.01. The number of rotatable bonds is 0. The van der Waals surface area contributed by atoms with Crippen molar-refractivity contribution in [2.45, 2.75) is 20.8 Å². The van der Waals surface area contributed by atoms with Gasteiger partial charge in [0.15, 0.2) is 0 Å². The first-order valence-corrected chi connectivity index (χ1v) is 3.03. The van der Waals surface area contributed by atoms with Gasteiger partial charge in [-0.05, 0) is 6.92 Å². The third kappa shape index (κ3) is 3.64. The molecule has 1 rings (SSSR count). The molecule has 0 fully saturated rings. The fourth-order valence-electron chi connectivity index (χ4n) is 0.330. The number of hydrogen-bond acceptors (Lipinski definition) is 2. The van der Waals surface area contributed by atoms with E-state index in [0.29, 0.717) is 0 Å². The standard InChI is InChI=1S/C5H6O2.C2H6/c1-5-4-6-2-3-7-5;1-2/h2-4H,1H3;1-2H3. The second kappa shape index (κ2) is 5.22. The van der Waals surface area contributed by atoms with Gasteiger partial charge in [-0.25, -0.2) is 0 Å². The normalized spacial score (nSPS) is 13.9. The summed E-state index contributed by atoms with van der Waals surface area (Å²) in [7, 11) is 0. The molecule has 0 aromatic rings. The molecule has 1 aliphatic heterocycles. The Balaban J connectivity index is 0.000000291. The van der Waals surface area contributed by atoms with Crippen LogP contribution in [-0.4, -0.2) is 0 Å². The molecule has 0 bridgehead atoms. The number of ether oxygens (including phenoxy) is 2. The molecule has 0 aromatic carbocycles. The zero-order valence-corrected chi connectivity index (χ0v) is 6.05. The van der Waals surface area contributed by atoms with E-state index in [-0.39, 0.29) is 0 Å². The van der Waals surface area contributed by atoms with Crippen molar-refractivity contribution in [3.8, 4) is 0 Å². The molecule has 0 amide bonds. The van der Waals surface area contributed by atoms with Crippen LogP contribution in [-0.2, 0) is 9.47 Å². The summed E-state index contributed by atoms with van der Waals surface area (Å²) in [6.45, 7) is 5.82. The van der Waals surface area contributed by atoms with E-state index in [9.17, 15) is 0 Å². The van der Waals surface area contributed by atoms with E-state index in [1.807, 2.05) is 20.8 Å². The fourth-order valence-corrected chi connectivity index (χ4v) is 0.330. The van der Waals surface area contributed by atoms with Crippen LogP contribution in [0.25, 0.3) is 0 Å². The summed E-state index contributed by atoms with van der Waals surface area (Å²) in [4.78, 5) is 0. The van der Waals surface area contributed by atoms with E-state index in [1.165, 1.54) is 12.5 Å². The third-order valence-corrected chi connectivity index (χ3v) is 0.622. The topological polar surface area (TPSA) is 18.5 Å². The zero-order chi connectivity index (χ0) is 7.11. The first kappa shape index (κ1) is 8.08. The monoisotopic (exact) mass is 128 g/mol. The van der Waals surface area contributed by atoms with Crippen molar-refractivity contribution in [3.63, 3.8) is 0 Å². The Kier molecular flexibility index (Phi) is 4.69. The van der Waals surface area contributed by atoms with Gasteiger partial charge in [-0.15, -0.1) is 0 Å². The highest BCUT2D eigenvalue weighted by Gasteiger charge is 1.88. The van der Waals surface area contributed by atoms with Crippen molar-refractivity contribution in [1.82, 2.24) is 0 Å². The lowest BCUT2D eigenvalue weighted by molar-refractivity contribution is 0.258. The lowest BCUT2D eigenvalue weighted by Crippen LogP contribution is -1.84. The van der Waals surface area contributed by atoms with Gasteiger partial charge in [-0.2, -0.15) is 0 Å². The van der Waals surface area contributed by atoms with Gasteiger partial charge < -0.3 is 9.47 Å². The molecule has 0 saturated heterocycles. The minimum Gasteiger partial charge on any atom is -0.466 e. The van der Waals surface area contributed by atoms with Crippen LogP contribution < -0.4 is 0 Å². The van der Waals surface area contributed by atoms with E-state index in [0.717, 1.165) is 5.76 Å². The minimum absolute atomic E-state index is 0.780. The third-order valence-electron chi connectivity index (χ3n) is 0.622. The number of hydrogen-bond donors (Lipinski definition) is 0. The molecule has 52 valence electrons. The van der Waals surface area contributed by atoms with E-state index in [1.54, 1.807) is 6.26 Å². The Morgan fingerprint density at radius 3 is 2.11 bits per heavy atom. The molecule has 9 heavy (non-hydrogen) atoms. The average molecular weight is 128 g/mol. The van der Waals surface area contributed by atoms with Crippen LogP contribution in [0.15, 0.2) is 24.5 Å². The van der Waals surface area contributed by atoms with E-state index in [2.05, 4.69) is 0 Å². The van der Waals surface area contributed by atoms with Crippen LogP contribution in [0.1, 0.15) is 20.8 Å². The Hall–Kier alpha value is -0.920. The van der Waals surface area contributed by atoms with Crippen LogP contribution in [0.3, 0.4) is 0 Å². The SMILES string of the molecule is CC.CC1=COC=CO1. The number of allylic oxidation sites excluding steroid dienone is 1. The molecular weight excluding hydrogens is 116 g/mol.